The van der Waals surface area contributed by atoms with Crippen molar-refractivity contribution in [1.82, 2.24) is 15.2 Å². The first kappa shape index (κ1) is 16.8. The van der Waals surface area contributed by atoms with Gasteiger partial charge in [-0.2, -0.15) is 0 Å². The molecule has 0 aromatic carbocycles. The maximum Gasteiger partial charge on any atom is 0.288 e. The summed E-state index contributed by atoms with van der Waals surface area (Å²) in [6.45, 7) is 6.52. The molecule has 8 nitrogen and oxygen atoms in total. The van der Waals surface area contributed by atoms with Crippen molar-refractivity contribution in [1.29, 1.82) is 0 Å². The Morgan fingerprint density at radius 3 is 2.76 bits per heavy atom. The Balaban J connectivity index is 2.84. The normalized spacial score (nSPS) is 10.5. The Morgan fingerprint density at radius 1 is 1.48 bits per heavy atom. The van der Waals surface area contributed by atoms with Crippen LogP contribution in [0.3, 0.4) is 0 Å². The molecule has 0 aliphatic carbocycles. The lowest BCUT2D eigenvalue weighted by molar-refractivity contribution is -0.385. The highest BCUT2D eigenvalue weighted by molar-refractivity contribution is 5.99. The fourth-order valence-electron chi connectivity index (χ4n) is 1.65. The highest BCUT2D eigenvalue weighted by Gasteiger charge is 2.17. The third-order valence-electron chi connectivity index (χ3n) is 2.99. The van der Waals surface area contributed by atoms with Crippen molar-refractivity contribution in [2.45, 2.75) is 13.8 Å². The van der Waals surface area contributed by atoms with Gasteiger partial charge in [-0.25, -0.2) is 4.98 Å². The Hall–Kier alpha value is -2.22. The molecule has 0 radical (unpaired) electrons. The molecule has 116 valence electrons. The maximum absolute atomic E-state index is 12.2. The smallest absolute Gasteiger partial charge is 0.288 e. The van der Waals surface area contributed by atoms with Crippen molar-refractivity contribution in [2.24, 2.45) is 0 Å². The van der Waals surface area contributed by atoms with E-state index in [2.05, 4.69) is 20.5 Å². The van der Waals surface area contributed by atoms with E-state index in [0.717, 1.165) is 12.7 Å². The third kappa shape index (κ3) is 4.99. The Morgan fingerprint density at radius 2 is 2.19 bits per heavy atom. The van der Waals surface area contributed by atoms with Crippen molar-refractivity contribution in [2.75, 3.05) is 38.5 Å². The zero-order valence-corrected chi connectivity index (χ0v) is 12.5. The van der Waals surface area contributed by atoms with Crippen molar-refractivity contribution in [3.05, 3.63) is 27.9 Å². The molecule has 21 heavy (non-hydrogen) atoms. The number of nitrogens with zero attached hydrogens (tertiary/aromatic N) is 3. The minimum Gasteiger partial charge on any atom is -0.370 e. The van der Waals surface area contributed by atoms with Crippen LogP contribution in [0.1, 0.15) is 24.2 Å². The number of nitro groups is 1. The quantitative estimate of drug-likeness (QED) is 0.550. The molecule has 0 atom stereocenters. The largest absolute Gasteiger partial charge is 0.370 e. The van der Waals surface area contributed by atoms with Crippen molar-refractivity contribution >= 4 is 17.4 Å². The molecule has 8 heteroatoms. The van der Waals surface area contributed by atoms with Gasteiger partial charge in [-0.15, -0.1) is 0 Å². The number of hydrogen-bond acceptors (Lipinski definition) is 6. The van der Waals surface area contributed by atoms with Gasteiger partial charge in [0.2, 0.25) is 0 Å². The van der Waals surface area contributed by atoms with Gasteiger partial charge in [-0.05, 0) is 20.5 Å². The van der Waals surface area contributed by atoms with Crippen LogP contribution in [0.15, 0.2) is 12.3 Å². The zero-order chi connectivity index (χ0) is 15.8. The first-order valence-electron chi connectivity index (χ1n) is 6.84. The first-order chi connectivity index (χ1) is 9.99. The molecule has 1 rings (SSSR count). The summed E-state index contributed by atoms with van der Waals surface area (Å²) < 4.78 is 0. The number of carbonyl (C=O) groups excluding carboxylic acids is 1. The molecule has 1 heterocycles. The van der Waals surface area contributed by atoms with Gasteiger partial charge < -0.3 is 15.5 Å². The molecule has 0 saturated carbocycles. The summed E-state index contributed by atoms with van der Waals surface area (Å²) in [7, 11) is 1.95. The fraction of sp³-hybridized carbons (Fsp3) is 0.538. The van der Waals surface area contributed by atoms with E-state index in [0.29, 0.717) is 25.5 Å². The number of hydrogen-bond donors (Lipinski definition) is 2. The van der Waals surface area contributed by atoms with Crippen LogP contribution in [0, 0.1) is 10.1 Å². The molecule has 0 saturated heterocycles. The van der Waals surface area contributed by atoms with E-state index in [1.54, 1.807) is 0 Å². The number of likely N-dealkylation sites (N-methyl/N-ethyl adjacent to an activating group) is 1. The molecule has 1 amide bonds. The molecule has 0 unspecified atom stereocenters. The molecule has 1 aromatic heterocycles. The predicted molar refractivity (Wildman–Crippen MR) is 80.6 cm³/mol. The van der Waals surface area contributed by atoms with E-state index >= 15 is 0 Å². The SMILES string of the molecule is CCNc1ncc([N+](=O)[O-])cc1C(=O)NCCN(C)CC. The average Bonchev–Trinajstić information content (AvgIpc) is 2.47. The number of carbonyl (C=O) groups is 1. The molecule has 0 aliphatic rings. The van der Waals surface area contributed by atoms with Gasteiger partial charge in [-0.3, -0.25) is 14.9 Å². The molecule has 0 aliphatic heterocycles. The zero-order valence-electron chi connectivity index (χ0n) is 12.5. The number of anilines is 1. The highest BCUT2D eigenvalue weighted by Crippen LogP contribution is 2.18. The van der Waals surface area contributed by atoms with E-state index < -0.39 is 4.92 Å². The summed E-state index contributed by atoms with van der Waals surface area (Å²) in [6.07, 6.45) is 1.14. The molecule has 0 fully saturated rings. The predicted octanol–water partition coefficient (Wildman–Crippen LogP) is 1.10. The molecule has 0 bridgehead atoms. The van der Waals surface area contributed by atoms with Crippen LogP contribution >= 0.6 is 0 Å². The molecular weight excluding hydrogens is 274 g/mol. The van der Waals surface area contributed by atoms with Crippen LogP contribution in [0.5, 0.6) is 0 Å². The molecule has 2 N–H and O–H groups in total. The monoisotopic (exact) mass is 295 g/mol. The number of rotatable bonds is 8. The summed E-state index contributed by atoms with van der Waals surface area (Å²) in [5.41, 5.74) is -0.0160. The van der Waals surface area contributed by atoms with Crippen molar-refractivity contribution in [3.63, 3.8) is 0 Å². The van der Waals surface area contributed by atoms with Gasteiger partial charge in [-0.1, -0.05) is 6.92 Å². The second-order valence-electron chi connectivity index (χ2n) is 4.53. The summed E-state index contributed by atoms with van der Waals surface area (Å²) in [5.74, 6) is -0.0175. The van der Waals surface area contributed by atoms with E-state index in [-0.39, 0.29) is 17.2 Å². The van der Waals surface area contributed by atoms with Crippen LogP contribution in [-0.2, 0) is 0 Å². The summed E-state index contributed by atoms with van der Waals surface area (Å²) in [5, 5.41) is 16.5. The summed E-state index contributed by atoms with van der Waals surface area (Å²) in [6, 6.07) is 1.24. The Kier molecular flexibility index (Phi) is 6.54. The van der Waals surface area contributed by atoms with Crippen molar-refractivity contribution < 1.29 is 9.72 Å². The molecule has 0 spiro atoms. The van der Waals surface area contributed by atoms with E-state index in [9.17, 15) is 14.9 Å². The van der Waals surface area contributed by atoms with Crippen LogP contribution < -0.4 is 10.6 Å². The number of nitrogens with one attached hydrogen (secondary N) is 2. The second-order valence-corrected chi connectivity index (χ2v) is 4.53. The third-order valence-corrected chi connectivity index (χ3v) is 2.99. The lowest BCUT2D eigenvalue weighted by atomic mass is 10.2. The van der Waals surface area contributed by atoms with Gasteiger partial charge >= 0.3 is 0 Å². The van der Waals surface area contributed by atoms with Crippen LogP contribution in [0.2, 0.25) is 0 Å². The number of pyridine rings is 1. The fourth-order valence-corrected chi connectivity index (χ4v) is 1.65. The average molecular weight is 295 g/mol. The van der Waals surface area contributed by atoms with Crippen LogP contribution in [0.25, 0.3) is 0 Å². The number of amides is 1. The van der Waals surface area contributed by atoms with Gasteiger partial charge in [0.05, 0.1) is 10.5 Å². The Bertz CT molecular complexity index is 507. The first-order valence-corrected chi connectivity index (χ1v) is 6.84. The van der Waals surface area contributed by atoms with Gasteiger partial charge in [0.25, 0.3) is 11.6 Å². The van der Waals surface area contributed by atoms with Gasteiger partial charge in [0.1, 0.15) is 12.0 Å². The summed E-state index contributed by atoms with van der Waals surface area (Å²) >= 11 is 0. The van der Waals surface area contributed by atoms with Gasteiger partial charge in [0.15, 0.2) is 0 Å². The second kappa shape index (κ2) is 8.15. The molecular formula is C13H21N5O3. The maximum atomic E-state index is 12.2. The Labute approximate surface area is 123 Å². The van der Waals surface area contributed by atoms with Crippen LogP contribution in [-0.4, -0.2) is 53.9 Å². The van der Waals surface area contributed by atoms with E-state index in [1.165, 1.54) is 6.07 Å². The van der Waals surface area contributed by atoms with E-state index in [1.807, 2.05) is 20.9 Å². The topological polar surface area (TPSA) is 100 Å². The van der Waals surface area contributed by atoms with Crippen LogP contribution in [0.4, 0.5) is 11.5 Å². The van der Waals surface area contributed by atoms with Crippen molar-refractivity contribution in [3.8, 4) is 0 Å². The lowest BCUT2D eigenvalue weighted by Gasteiger charge is -2.14. The summed E-state index contributed by atoms with van der Waals surface area (Å²) in [4.78, 5) is 28.4. The lowest BCUT2D eigenvalue weighted by Crippen LogP contribution is -2.33. The minimum atomic E-state index is -0.565. The van der Waals surface area contributed by atoms with Gasteiger partial charge in [0, 0.05) is 25.7 Å². The standard InChI is InChI=1S/C13H21N5O3/c1-4-14-12-11(8-10(9-16-12)18(20)21)13(19)15-6-7-17(3)5-2/h8-9H,4-7H2,1-3H3,(H,14,16)(H,15,19). The minimum absolute atomic E-state index is 0.185. The highest BCUT2D eigenvalue weighted by atomic mass is 16.6. The number of aromatic nitrogens is 1. The molecule has 1 aromatic rings. The van der Waals surface area contributed by atoms with E-state index in [4.69, 9.17) is 0 Å².